The zero-order valence-corrected chi connectivity index (χ0v) is 14.4. The van der Waals surface area contributed by atoms with Gasteiger partial charge in [-0.25, -0.2) is 14.8 Å². The third kappa shape index (κ3) is 3.36. The SMILES string of the molecule is O=C(O)c1cnc(N2C[C@H]3C[C@@H](c4ccccc4C(F)(F)F)C[C@H]3C2)nc1. The standard InChI is InChI=1S/C19H18F3N3O2/c20-19(21,22)16-4-2-1-3-15(16)11-5-12-9-25(10-13(12)6-11)18-23-7-14(8-24-18)17(26)27/h1-4,7-8,11-13H,5-6,9-10H2,(H,26,27)/t11-,12-,13+. The molecule has 1 aromatic heterocycles. The normalized spacial score (nSPS) is 24.9. The fourth-order valence-electron chi connectivity index (χ4n) is 4.42. The molecule has 142 valence electrons. The average Bonchev–Trinajstić information content (AvgIpc) is 3.20. The Morgan fingerprint density at radius 3 is 2.22 bits per heavy atom. The predicted molar refractivity (Wildman–Crippen MR) is 91.6 cm³/mol. The lowest BCUT2D eigenvalue weighted by molar-refractivity contribution is -0.138. The van der Waals surface area contributed by atoms with Crippen LogP contribution in [0.1, 0.15) is 40.2 Å². The Morgan fingerprint density at radius 2 is 1.67 bits per heavy atom. The molecule has 0 radical (unpaired) electrons. The molecule has 1 saturated carbocycles. The van der Waals surface area contributed by atoms with Gasteiger partial charge in [-0.2, -0.15) is 13.2 Å². The van der Waals surface area contributed by atoms with Gasteiger partial charge in [-0.05, 0) is 42.2 Å². The number of carbonyl (C=O) groups is 1. The summed E-state index contributed by atoms with van der Waals surface area (Å²) in [5.74, 6) is -0.110. The first-order valence-corrected chi connectivity index (χ1v) is 8.79. The average molecular weight is 377 g/mol. The first-order valence-electron chi connectivity index (χ1n) is 8.79. The highest BCUT2D eigenvalue weighted by atomic mass is 19.4. The second-order valence-electron chi connectivity index (χ2n) is 7.26. The third-order valence-corrected chi connectivity index (χ3v) is 5.63. The molecule has 2 fully saturated rings. The van der Waals surface area contributed by atoms with Crippen LogP contribution in [0.3, 0.4) is 0 Å². The van der Waals surface area contributed by atoms with Gasteiger partial charge in [0.25, 0.3) is 0 Å². The van der Waals surface area contributed by atoms with Crippen molar-refractivity contribution in [3.05, 3.63) is 53.3 Å². The van der Waals surface area contributed by atoms with Gasteiger partial charge in [0.2, 0.25) is 5.95 Å². The van der Waals surface area contributed by atoms with Crippen molar-refractivity contribution in [2.75, 3.05) is 18.0 Å². The van der Waals surface area contributed by atoms with Crippen molar-refractivity contribution in [1.29, 1.82) is 0 Å². The Labute approximate surface area is 153 Å². The number of halogens is 3. The first-order chi connectivity index (χ1) is 12.8. The minimum absolute atomic E-state index is 0.0296. The van der Waals surface area contributed by atoms with E-state index < -0.39 is 17.7 Å². The molecule has 1 aromatic carbocycles. The zero-order chi connectivity index (χ0) is 19.2. The van der Waals surface area contributed by atoms with E-state index in [4.69, 9.17) is 5.11 Å². The second-order valence-corrected chi connectivity index (χ2v) is 7.26. The summed E-state index contributed by atoms with van der Waals surface area (Å²) in [6, 6.07) is 5.86. The summed E-state index contributed by atoms with van der Waals surface area (Å²) in [6.07, 6.45) is -0.356. The van der Waals surface area contributed by atoms with Crippen LogP contribution in [0.4, 0.5) is 19.1 Å². The van der Waals surface area contributed by atoms with E-state index in [2.05, 4.69) is 9.97 Å². The maximum absolute atomic E-state index is 13.3. The number of rotatable bonds is 3. The molecular weight excluding hydrogens is 359 g/mol. The topological polar surface area (TPSA) is 66.3 Å². The lowest BCUT2D eigenvalue weighted by atomic mass is 9.91. The largest absolute Gasteiger partial charge is 0.478 e. The fourth-order valence-corrected chi connectivity index (χ4v) is 4.42. The van der Waals surface area contributed by atoms with Gasteiger partial charge in [-0.1, -0.05) is 18.2 Å². The molecule has 4 rings (SSSR count). The quantitative estimate of drug-likeness (QED) is 0.881. The van der Waals surface area contributed by atoms with Crippen molar-refractivity contribution in [3.8, 4) is 0 Å². The molecule has 0 bridgehead atoms. The summed E-state index contributed by atoms with van der Waals surface area (Å²) >= 11 is 0. The van der Waals surface area contributed by atoms with Gasteiger partial charge in [0.1, 0.15) is 0 Å². The predicted octanol–water partition coefficient (Wildman–Crippen LogP) is 3.82. The maximum atomic E-state index is 13.3. The number of aromatic nitrogens is 2. The van der Waals surface area contributed by atoms with Crippen LogP contribution in [0.15, 0.2) is 36.7 Å². The van der Waals surface area contributed by atoms with Gasteiger partial charge in [-0.15, -0.1) is 0 Å². The van der Waals surface area contributed by atoms with Crippen molar-refractivity contribution in [1.82, 2.24) is 9.97 Å². The number of carboxylic acids is 1. The molecule has 0 amide bonds. The molecular formula is C19H18F3N3O2. The van der Waals surface area contributed by atoms with Crippen molar-refractivity contribution in [2.45, 2.75) is 24.9 Å². The summed E-state index contributed by atoms with van der Waals surface area (Å²) in [5, 5.41) is 8.92. The third-order valence-electron chi connectivity index (χ3n) is 5.63. The van der Waals surface area contributed by atoms with Crippen LogP contribution in [0.25, 0.3) is 0 Å². The molecule has 27 heavy (non-hydrogen) atoms. The van der Waals surface area contributed by atoms with Crippen molar-refractivity contribution in [2.24, 2.45) is 11.8 Å². The van der Waals surface area contributed by atoms with E-state index in [1.54, 1.807) is 12.1 Å². The molecule has 3 atom stereocenters. The van der Waals surface area contributed by atoms with Gasteiger partial charge < -0.3 is 10.0 Å². The Balaban J connectivity index is 1.47. The minimum Gasteiger partial charge on any atom is -0.478 e. The van der Waals surface area contributed by atoms with Gasteiger partial charge in [0.05, 0.1) is 11.1 Å². The molecule has 2 heterocycles. The van der Waals surface area contributed by atoms with Crippen LogP contribution < -0.4 is 4.90 Å². The number of hydrogen-bond donors (Lipinski definition) is 1. The molecule has 2 aromatic rings. The number of benzene rings is 1. The summed E-state index contributed by atoms with van der Waals surface area (Å²) in [7, 11) is 0. The number of carboxylic acid groups (broad SMARTS) is 1. The van der Waals surface area contributed by atoms with Gasteiger partial charge in [0.15, 0.2) is 0 Å². The zero-order valence-electron chi connectivity index (χ0n) is 14.4. The number of hydrogen-bond acceptors (Lipinski definition) is 4. The van der Waals surface area contributed by atoms with Crippen LogP contribution >= 0.6 is 0 Å². The fraction of sp³-hybridized carbons (Fsp3) is 0.421. The van der Waals surface area contributed by atoms with Gasteiger partial charge >= 0.3 is 12.1 Å². The van der Waals surface area contributed by atoms with Crippen LogP contribution in [-0.4, -0.2) is 34.1 Å². The maximum Gasteiger partial charge on any atom is 0.416 e. The Hall–Kier alpha value is -2.64. The lowest BCUT2D eigenvalue weighted by Crippen LogP contribution is -2.24. The molecule has 1 aliphatic carbocycles. The molecule has 2 aliphatic rings. The highest BCUT2D eigenvalue weighted by molar-refractivity contribution is 5.86. The Kier molecular flexibility index (Phi) is 4.28. The summed E-state index contributed by atoms with van der Waals surface area (Å²) < 4.78 is 39.9. The van der Waals surface area contributed by atoms with Crippen molar-refractivity contribution in [3.63, 3.8) is 0 Å². The first kappa shape index (κ1) is 17.8. The summed E-state index contributed by atoms with van der Waals surface area (Å²) in [5.41, 5.74) is -0.102. The molecule has 0 spiro atoms. The smallest absolute Gasteiger partial charge is 0.416 e. The number of aromatic carboxylic acids is 1. The van der Waals surface area contributed by atoms with Crippen LogP contribution in [-0.2, 0) is 6.18 Å². The lowest BCUT2D eigenvalue weighted by Gasteiger charge is -2.21. The summed E-state index contributed by atoms with van der Waals surface area (Å²) in [6.45, 7) is 1.36. The minimum atomic E-state index is -4.33. The molecule has 1 saturated heterocycles. The van der Waals surface area contributed by atoms with Crippen LogP contribution in [0.2, 0.25) is 0 Å². The van der Waals surface area contributed by atoms with Gasteiger partial charge in [0, 0.05) is 25.5 Å². The second kappa shape index (κ2) is 6.51. The van der Waals surface area contributed by atoms with E-state index in [0.29, 0.717) is 49.3 Å². The molecule has 1 aliphatic heterocycles. The number of alkyl halides is 3. The van der Waals surface area contributed by atoms with Crippen molar-refractivity contribution < 1.29 is 23.1 Å². The molecule has 0 unspecified atom stereocenters. The van der Waals surface area contributed by atoms with Crippen molar-refractivity contribution >= 4 is 11.9 Å². The molecule has 5 nitrogen and oxygen atoms in total. The highest BCUT2D eigenvalue weighted by Crippen LogP contribution is 2.49. The number of fused-ring (bicyclic) bond motifs is 1. The van der Waals surface area contributed by atoms with E-state index in [1.165, 1.54) is 18.5 Å². The van der Waals surface area contributed by atoms with E-state index in [-0.39, 0.29) is 11.5 Å². The summed E-state index contributed by atoms with van der Waals surface area (Å²) in [4.78, 5) is 21.1. The van der Waals surface area contributed by atoms with E-state index in [0.717, 1.165) is 6.07 Å². The van der Waals surface area contributed by atoms with E-state index >= 15 is 0 Å². The van der Waals surface area contributed by atoms with Crippen LogP contribution in [0.5, 0.6) is 0 Å². The Morgan fingerprint density at radius 1 is 1.07 bits per heavy atom. The monoisotopic (exact) mass is 377 g/mol. The Bertz CT molecular complexity index is 840. The van der Waals surface area contributed by atoms with Crippen LogP contribution in [0, 0.1) is 11.8 Å². The molecule has 1 N–H and O–H groups in total. The van der Waals surface area contributed by atoms with Gasteiger partial charge in [-0.3, -0.25) is 0 Å². The van der Waals surface area contributed by atoms with E-state index in [9.17, 15) is 18.0 Å². The van der Waals surface area contributed by atoms with E-state index in [1.807, 2.05) is 4.90 Å². The number of nitrogens with zero attached hydrogens (tertiary/aromatic N) is 3. The molecule has 8 heteroatoms. The number of anilines is 1. The highest BCUT2D eigenvalue weighted by Gasteiger charge is 2.44.